The number of nitrogens with zero attached hydrogens (tertiary/aromatic N) is 5. The SMILES string of the molecule is CCNCCN(CC(=O)N(C)N1Cc2ccccc2C1)C(=O)CNc1cc2cn(CC)nc2cc1C.Cl. The number of carbonyl (C=O) groups excluding carboxylic acids is 2. The van der Waals surface area contributed by atoms with Gasteiger partial charge in [0.05, 0.1) is 12.1 Å². The van der Waals surface area contributed by atoms with Crippen LogP contribution in [0.15, 0.2) is 42.6 Å². The molecule has 9 nitrogen and oxygen atoms in total. The number of benzene rings is 2. The van der Waals surface area contributed by atoms with Crippen LogP contribution in [0.4, 0.5) is 5.69 Å². The number of nitrogens with one attached hydrogen (secondary N) is 2. The summed E-state index contributed by atoms with van der Waals surface area (Å²) in [6.07, 6.45) is 2.01. The molecule has 10 heteroatoms. The zero-order chi connectivity index (χ0) is 25.7. The van der Waals surface area contributed by atoms with Crippen molar-refractivity contribution in [3.63, 3.8) is 0 Å². The van der Waals surface area contributed by atoms with Crippen LogP contribution in [0.2, 0.25) is 0 Å². The standard InChI is InChI=1S/C27H37N7O2.ClH/c1-5-28-11-12-32(19-27(36)31(4)34-17-21-9-7-8-10-22(21)18-34)26(35)15-29-24-14-23-16-33(6-2)30-25(23)13-20(24)3;/h7-10,13-14,16,28-29H,5-6,11-12,15,17-19H2,1-4H3;1H. The van der Waals surface area contributed by atoms with Gasteiger partial charge in [0.2, 0.25) is 5.91 Å². The third-order valence-electron chi connectivity index (χ3n) is 6.75. The van der Waals surface area contributed by atoms with Gasteiger partial charge >= 0.3 is 0 Å². The molecule has 2 N–H and O–H groups in total. The second kappa shape index (κ2) is 12.9. The lowest BCUT2D eigenvalue weighted by molar-refractivity contribution is -0.151. The van der Waals surface area contributed by atoms with Crippen LogP contribution < -0.4 is 10.6 Å². The number of halogens is 1. The maximum Gasteiger partial charge on any atom is 0.256 e. The van der Waals surface area contributed by atoms with Crippen LogP contribution in [-0.4, -0.2) is 76.3 Å². The number of aryl methyl sites for hydroxylation is 2. The van der Waals surface area contributed by atoms with E-state index in [1.54, 1.807) is 17.0 Å². The molecule has 1 aliphatic heterocycles. The van der Waals surface area contributed by atoms with E-state index in [1.807, 2.05) is 54.0 Å². The number of carbonyl (C=O) groups is 2. The fourth-order valence-electron chi connectivity index (χ4n) is 4.50. The third kappa shape index (κ3) is 6.80. The van der Waals surface area contributed by atoms with Crippen LogP contribution in [0.1, 0.15) is 30.5 Å². The smallest absolute Gasteiger partial charge is 0.256 e. The maximum absolute atomic E-state index is 13.2. The van der Waals surface area contributed by atoms with Crippen LogP contribution in [0.5, 0.6) is 0 Å². The minimum absolute atomic E-state index is 0. The summed E-state index contributed by atoms with van der Waals surface area (Å²) in [7, 11) is 1.79. The maximum atomic E-state index is 13.2. The summed E-state index contributed by atoms with van der Waals surface area (Å²) in [4.78, 5) is 28.0. The van der Waals surface area contributed by atoms with Crippen molar-refractivity contribution in [1.29, 1.82) is 0 Å². The average molecular weight is 528 g/mol. The summed E-state index contributed by atoms with van der Waals surface area (Å²) in [5, 5.41) is 15.8. The number of hydrogen-bond donors (Lipinski definition) is 2. The molecule has 200 valence electrons. The van der Waals surface area contributed by atoms with Gasteiger partial charge in [-0.2, -0.15) is 5.10 Å². The Labute approximate surface area is 225 Å². The molecule has 3 aromatic rings. The molecule has 37 heavy (non-hydrogen) atoms. The van der Waals surface area contributed by atoms with E-state index in [-0.39, 0.29) is 37.3 Å². The summed E-state index contributed by atoms with van der Waals surface area (Å²) in [6.45, 7) is 10.4. The number of anilines is 1. The predicted octanol–water partition coefficient (Wildman–Crippen LogP) is 3.03. The number of aromatic nitrogens is 2. The van der Waals surface area contributed by atoms with Gasteiger partial charge in [-0.05, 0) is 49.2 Å². The number of likely N-dealkylation sites (N-methyl/N-ethyl adjacent to an activating group) is 2. The average Bonchev–Trinajstić information content (AvgIpc) is 3.49. The summed E-state index contributed by atoms with van der Waals surface area (Å²) in [5.41, 5.74) is 5.34. The van der Waals surface area contributed by atoms with Gasteiger partial charge in [-0.3, -0.25) is 19.3 Å². The first-order valence-corrected chi connectivity index (χ1v) is 12.7. The summed E-state index contributed by atoms with van der Waals surface area (Å²) < 4.78 is 1.91. The van der Waals surface area contributed by atoms with Crippen molar-refractivity contribution in [1.82, 2.24) is 30.0 Å². The van der Waals surface area contributed by atoms with E-state index in [4.69, 9.17) is 0 Å². The quantitative estimate of drug-likeness (QED) is 0.373. The van der Waals surface area contributed by atoms with Gasteiger partial charge in [-0.25, -0.2) is 5.01 Å². The lowest BCUT2D eigenvalue weighted by Crippen LogP contribution is -2.49. The molecular formula is C27H38ClN7O2. The van der Waals surface area contributed by atoms with Gasteiger partial charge < -0.3 is 15.5 Å². The van der Waals surface area contributed by atoms with Gasteiger partial charge in [0.25, 0.3) is 5.91 Å². The normalized spacial score (nSPS) is 12.8. The molecule has 0 bridgehead atoms. The zero-order valence-corrected chi connectivity index (χ0v) is 23.0. The van der Waals surface area contributed by atoms with E-state index >= 15 is 0 Å². The topological polar surface area (TPSA) is 85.7 Å². The van der Waals surface area contributed by atoms with Crippen molar-refractivity contribution in [3.05, 3.63) is 59.3 Å². The number of hydrogen-bond acceptors (Lipinski definition) is 6. The zero-order valence-electron chi connectivity index (χ0n) is 22.2. The van der Waals surface area contributed by atoms with Crippen molar-refractivity contribution in [2.24, 2.45) is 0 Å². The summed E-state index contributed by atoms with van der Waals surface area (Å²) in [5.74, 6) is -0.208. The Morgan fingerprint density at radius 2 is 1.78 bits per heavy atom. The first kappa shape index (κ1) is 28.4. The van der Waals surface area contributed by atoms with Crippen molar-refractivity contribution in [2.45, 2.75) is 40.4 Å². The highest BCUT2D eigenvalue weighted by Gasteiger charge is 2.27. The second-order valence-corrected chi connectivity index (χ2v) is 9.24. The van der Waals surface area contributed by atoms with Gasteiger partial charge in [0.1, 0.15) is 6.54 Å². The molecule has 0 unspecified atom stereocenters. The van der Waals surface area contributed by atoms with E-state index in [2.05, 4.69) is 34.8 Å². The molecule has 0 saturated heterocycles. The summed E-state index contributed by atoms with van der Waals surface area (Å²) in [6, 6.07) is 12.3. The number of amides is 2. The Hall–Kier alpha value is -3.14. The highest BCUT2D eigenvalue weighted by Crippen LogP contribution is 2.24. The minimum Gasteiger partial charge on any atom is -0.376 e. The molecule has 2 amide bonds. The van der Waals surface area contributed by atoms with Crippen molar-refractivity contribution < 1.29 is 9.59 Å². The highest BCUT2D eigenvalue weighted by molar-refractivity contribution is 5.88. The minimum atomic E-state index is -0.108. The molecule has 4 rings (SSSR count). The van der Waals surface area contributed by atoms with Crippen LogP contribution in [0, 0.1) is 6.92 Å². The van der Waals surface area contributed by atoms with Crippen molar-refractivity contribution in [2.75, 3.05) is 45.1 Å². The molecule has 1 aliphatic rings. The van der Waals surface area contributed by atoms with Crippen molar-refractivity contribution >= 4 is 40.8 Å². The van der Waals surface area contributed by atoms with E-state index in [9.17, 15) is 9.59 Å². The second-order valence-electron chi connectivity index (χ2n) is 9.24. The fourth-order valence-corrected chi connectivity index (χ4v) is 4.50. The molecule has 2 heterocycles. The Kier molecular flexibility index (Phi) is 9.91. The largest absolute Gasteiger partial charge is 0.376 e. The molecule has 0 saturated carbocycles. The monoisotopic (exact) mass is 527 g/mol. The van der Waals surface area contributed by atoms with Gasteiger partial charge in [-0.1, -0.05) is 31.2 Å². The Morgan fingerprint density at radius 1 is 1.08 bits per heavy atom. The number of fused-ring (bicyclic) bond motifs is 2. The first-order valence-electron chi connectivity index (χ1n) is 12.7. The Balaban J connectivity index is 0.00000380. The lowest BCUT2D eigenvalue weighted by atomic mass is 10.1. The predicted molar refractivity (Wildman–Crippen MR) is 149 cm³/mol. The third-order valence-corrected chi connectivity index (χ3v) is 6.75. The first-order chi connectivity index (χ1) is 17.4. The van der Waals surface area contributed by atoms with Crippen LogP contribution in [0.25, 0.3) is 10.9 Å². The molecule has 0 radical (unpaired) electrons. The molecule has 0 atom stereocenters. The lowest BCUT2D eigenvalue weighted by Gasteiger charge is -2.31. The van der Waals surface area contributed by atoms with Crippen LogP contribution in [-0.2, 0) is 29.2 Å². The molecule has 0 aliphatic carbocycles. The molecular weight excluding hydrogens is 490 g/mol. The van der Waals surface area contributed by atoms with E-state index < -0.39 is 0 Å². The van der Waals surface area contributed by atoms with E-state index in [0.29, 0.717) is 26.2 Å². The van der Waals surface area contributed by atoms with Gasteiger partial charge in [-0.15, -0.1) is 12.4 Å². The van der Waals surface area contributed by atoms with Gasteiger partial charge in [0, 0.05) is 57.0 Å². The fraction of sp³-hybridized carbons (Fsp3) is 0.444. The van der Waals surface area contributed by atoms with Crippen molar-refractivity contribution in [3.8, 4) is 0 Å². The van der Waals surface area contributed by atoms with Gasteiger partial charge in [0.15, 0.2) is 0 Å². The highest BCUT2D eigenvalue weighted by atomic mass is 35.5. The Morgan fingerprint density at radius 3 is 2.43 bits per heavy atom. The molecule has 0 fully saturated rings. The van der Waals surface area contributed by atoms with E-state index in [1.165, 1.54) is 11.1 Å². The number of hydrazine groups is 1. The van der Waals surface area contributed by atoms with Crippen LogP contribution in [0.3, 0.4) is 0 Å². The number of rotatable bonds is 11. The molecule has 0 spiro atoms. The molecule has 1 aromatic heterocycles. The Bertz CT molecular complexity index is 1200. The van der Waals surface area contributed by atoms with E-state index in [0.717, 1.165) is 35.2 Å². The molecule has 2 aromatic carbocycles. The summed E-state index contributed by atoms with van der Waals surface area (Å²) >= 11 is 0. The van der Waals surface area contributed by atoms with Crippen LogP contribution >= 0.6 is 12.4 Å².